The van der Waals surface area contributed by atoms with Crippen molar-refractivity contribution in [2.45, 2.75) is 31.7 Å². The van der Waals surface area contributed by atoms with Crippen LogP contribution >= 0.6 is 0 Å². The lowest BCUT2D eigenvalue weighted by Crippen LogP contribution is -2.55. The summed E-state index contributed by atoms with van der Waals surface area (Å²) in [6.45, 7) is 1.95. The van der Waals surface area contributed by atoms with Crippen LogP contribution in [-0.4, -0.2) is 42.4 Å². The molecule has 0 aromatic carbocycles. The van der Waals surface area contributed by atoms with Gasteiger partial charge in [-0.05, 0) is 18.8 Å². The molecule has 2 atom stereocenters. The van der Waals surface area contributed by atoms with Crippen LogP contribution in [-0.2, 0) is 9.59 Å². The Labute approximate surface area is 95.3 Å². The lowest BCUT2D eigenvalue weighted by molar-refractivity contribution is -0.134. The number of hydrogen-bond donors (Lipinski definition) is 2. The van der Waals surface area contributed by atoms with E-state index in [0.717, 1.165) is 25.9 Å². The first kappa shape index (κ1) is 11.4. The molecule has 5 nitrogen and oxygen atoms in total. The summed E-state index contributed by atoms with van der Waals surface area (Å²) in [6.07, 6.45) is 2.82. The Morgan fingerprint density at radius 2 is 2.31 bits per heavy atom. The van der Waals surface area contributed by atoms with Crippen LogP contribution < -0.4 is 11.1 Å². The van der Waals surface area contributed by atoms with Crippen LogP contribution in [0.25, 0.3) is 0 Å². The van der Waals surface area contributed by atoms with Gasteiger partial charge in [0.25, 0.3) is 0 Å². The Kier molecular flexibility index (Phi) is 3.43. The monoisotopic (exact) mass is 225 g/mol. The molecule has 2 heterocycles. The Hall–Kier alpha value is -1.10. The summed E-state index contributed by atoms with van der Waals surface area (Å²) in [5.41, 5.74) is 5.38. The van der Waals surface area contributed by atoms with Crippen molar-refractivity contribution in [3.05, 3.63) is 0 Å². The van der Waals surface area contributed by atoms with Gasteiger partial charge in [0.15, 0.2) is 0 Å². The van der Waals surface area contributed by atoms with E-state index in [-0.39, 0.29) is 17.9 Å². The first-order valence-corrected chi connectivity index (χ1v) is 5.98. The van der Waals surface area contributed by atoms with Crippen molar-refractivity contribution in [2.75, 3.05) is 19.6 Å². The number of nitrogens with zero attached hydrogens (tertiary/aromatic N) is 1. The van der Waals surface area contributed by atoms with Gasteiger partial charge in [-0.25, -0.2) is 0 Å². The molecule has 2 fully saturated rings. The van der Waals surface area contributed by atoms with Gasteiger partial charge in [0.05, 0.1) is 0 Å². The number of piperidine rings is 2. The van der Waals surface area contributed by atoms with E-state index in [2.05, 4.69) is 5.32 Å². The molecule has 5 heteroatoms. The van der Waals surface area contributed by atoms with Crippen molar-refractivity contribution in [2.24, 2.45) is 11.7 Å². The zero-order chi connectivity index (χ0) is 11.5. The van der Waals surface area contributed by atoms with Gasteiger partial charge in [-0.2, -0.15) is 0 Å². The molecule has 0 aromatic heterocycles. The summed E-state index contributed by atoms with van der Waals surface area (Å²) < 4.78 is 0. The van der Waals surface area contributed by atoms with Crippen LogP contribution in [0.4, 0.5) is 0 Å². The molecule has 3 N–H and O–H groups in total. The van der Waals surface area contributed by atoms with E-state index < -0.39 is 0 Å². The van der Waals surface area contributed by atoms with Gasteiger partial charge < -0.3 is 16.0 Å². The van der Waals surface area contributed by atoms with Crippen molar-refractivity contribution < 1.29 is 9.59 Å². The van der Waals surface area contributed by atoms with E-state index in [1.54, 1.807) is 0 Å². The fraction of sp³-hybridized carbons (Fsp3) is 0.818. The number of carbonyl (C=O) groups is 2. The normalized spacial score (nSPS) is 29.6. The SMILES string of the molecule is NCCC(=O)N1CCC2NC(=O)CCC2C1. The summed E-state index contributed by atoms with van der Waals surface area (Å²) in [4.78, 5) is 24.8. The third kappa shape index (κ3) is 2.35. The number of likely N-dealkylation sites (tertiary alicyclic amines) is 1. The summed E-state index contributed by atoms with van der Waals surface area (Å²) >= 11 is 0. The second kappa shape index (κ2) is 4.82. The predicted molar refractivity (Wildman–Crippen MR) is 59.5 cm³/mol. The van der Waals surface area contributed by atoms with Crippen molar-refractivity contribution in [3.63, 3.8) is 0 Å². The van der Waals surface area contributed by atoms with E-state index in [1.807, 2.05) is 4.90 Å². The lowest BCUT2D eigenvalue weighted by atomic mass is 9.85. The smallest absolute Gasteiger partial charge is 0.223 e. The quantitative estimate of drug-likeness (QED) is 0.663. The molecule has 0 aromatic rings. The number of rotatable bonds is 2. The highest BCUT2D eigenvalue weighted by atomic mass is 16.2. The Morgan fingerprint density at radius 1 is 1.50 bits per heavy atom. The minimum atomic E-state index is 0.151. The average molecular weight is 225 g/mol. The summed E-state index contributed by atoms with van der Waals surface area (Å²) in [5.74, 6) is 0.744. The van der Waals surface area contributed by atoms with Crippen molar-refractivity contribution in [1.29, 1.82) is 0 Å². The van der Waals surface area contributed by atoms with Gasteiger partial charge in [-0.1, -0.05) is 0 Å². The van der Waals surface area contributed by atoms with E-state index >= 15 is 0 Å². The van der Waals surface area contributed by atoms with Gasteiger partial charge in [0.1, 0.15) is 0 Å². The molecule has 2 aliphatic rings. The zero-order valence-electron chi connectivity index (χ0n) is 9.45. The maximum Gasteiger partial charge on any atom is 0.223 e. The molecule has 0 bridgehead atoms. The molecule has 0 spiro atoms. The molecule has 16 heavy (non-hydrogen) atoms. The largest absolute Gasteiger partial charge is 0.353 e. The molecule has 90 valence electrons. The highest BCUT2D eigenvalue weighted by Gasteiger charge is 2.34. The van der Waals surface area contributed by atoms with E-state index in [1.165, 1.54) is 0 Å². The highest BCUT2D eigenvalue weighted by Crippen LogP contribution is 2.25. The average Bonchev–Trinajstić information content (AvgIpc) is 2.28. The third-order valence-corrected chi connectivity index (χ3v) is 3.53. The second-order valence-electron chi connectivity index (χ2n) is 4.64. The molecule has 0 aliphatic carbocycles. The Morgan fingerprint density at radius 3 is 3.06 bits per heavy atom. The molecular weight excluding hydrogens is 206 g/mol. The van der Waals surface area contributed by atoms with E-state index in [4.69, 9.17) is 5.73 Å². The fourth-order valence-electron chi connectivity index (χ4n) is 2.62. The Balaban J connectivity index is 1.90. The van der Waals surface area contributed by atoms with Crippen LogP contribution in [0.3, 0.4) is 0 Å². The summed E-state index contributed by atoms with van der Waals surface area (Å²) in [5, 5.41) is 3.01. The molecule has 2 rings (SSSR count). The standard InChI is InChI=1S/C11H19N3O2/c12-5-3-11(16)14-6-4-9-8(7-14)1-2-10(15)13-9/h8-9H,1-7,12H2,(H,13,15). The van der Waals surface area contributed by atoms with E-state index in [0.29, 0.717) is 25.3 Å². The number of amides is 2. The maximum absolute atomic E-state index is 11.7. The lowest BCUT2D eigenvalue weighted by Gasteiger charge is -2.41. The molecule has 0 radical (unpaired) electrons. The number of nitrogens with one attached hydrogen (secondary N) is 1. The second-order valence-corrected chi connectivity index (χ2v) is 4.64. The van der Waals surface area contributed by atoms with Crippen LogP contribution in [0.15, 0.2) is 0 Å². The van der Waals surface area contributed by atoms with Gasteiger partial charge in [-0.3, -0.25) is 9.59 Å². The van der Waals surface area contributed by atoms with Gasteiger partial charge in [0.2, 0.25) is 11.8 Å². The molecule has 2 amide bonds. The van der Waals surface area contributed by atoms with E-state index in [9.17, 15) is 9.59 Å². The fourth-order valence-corrected chi connectivity index (χ4v) is 2.62. The van der Waals surface area contributed by atoms with Crippen LogP contribution in [0.1, 0.15) is 25.7 Å². The first-order chi connectivity index (χ1) is 7.70. The maximum atomic E-state index is 11.7. The van der Waals surface area contributed by atoms with Crippen molar-refractivity contribution in [1.82, 2.24) is 10.2 Å². The van der Waals surface area contributed by atoms with Gasteiger partial charge in [-0.15, -0.1) is 0 Å². The molecule has 2 unspecified atom stereocenters. The highest BCUT2D eigenvalue weighted by molar-refractivity contribution is 5.78. The van der Waals surface area contributed by atoms with Crippen molar-refractivity contribution >= 4 is 11.8 Å². The zero-order valence-corrected chi connectivity index (χ0v) is 9.45. The number of nitrogens with two attached hydrogens (primary N) is 1. The topological polar surface area (TPSA) is 75.4 Å². The predicted octanol–water partition coefficient (Wildman–Crippen LogP) is -0.538. The summed E-state index contributed by atoms with van der Waals surface area (Å²) in [6, 6.07) is 0.281. The summed E-state index contributed by atoms with van der Waals surface area (Å²) in [7, 11) is 0. The van der Waals surface area contributed by atoms with Crippen molar-refractivity contribution in [3.8, 4) is 0 Å². The molecular formula is C11H19N3O2. The van der Waals surface area contributed by atoms with Gasteiger partial charge in [0, 0.05) is 38.5 Å². The minimum absolute atomic E-state index is 0.151. The van der Waals surface area contributed by atoms with Crippen LogP contribution in [0, 0.1) is 5.92 Å². The van der Waals surface area contributed by atoms with Gasteiger partial charge >= 0.3 is 0 Å². The first-order valence-electron chi connectivity index (χ1n) is 5.98. The number of carbonyl (C=O) groups excluding carboxylic acids is 2. The third-order valence-electron chi connectivity index (χ3n) is 3.53. The van der Waals surface area contributed by atoms with Crippen LogP contribution in [0.2, 0.25) is 0 Å². The number of fused-ring (bicyclic) bond motifs is 1. The number of hydrogen-bond acceptors (Lipinski definition) is 3. The van der Waals surface area contributed by atoms with Crippen LogP contribution in [0.5, 0.6) is 0 Å². The molecule has 2 aliphatic heterocycles. The molecule has 2 saturated heterocycles. The Bertz CT molecular complexity index is 293. The minimum Gasteiger partial charge on any atom is -0.353 e. The molecule has 0 saturated carbocycles.